The Kier molecular flexibility index (Phi) is 3.95. The molecule has 2 nitrogen and oxygen atoms in total. The SMILES string of the molecule is CN(C(=O)c1c(F)cccc1Br)c1ccccc1F. The summed E-state index contributed by atoms with van der Waals surface area (Å²) in [6.07, 6.45) is 0. The van der Waals surface area contributed by atoms with E-state index in [1.807, 2.05) is 0 Å². The van der Waals surface area contributed by atoms with Gasteiger partial charge in [0.25, 0.3) is 5.91 Å². The molecular weight excluding hydrogens is 316 g/mol. The number of benzene rings is 2. The van der Waals surface area contributed by atoms with Gasteiger partial charge < -0.3 is 4.90 Å². The number of rotatable bonds is 2. The van der Waals surface area contributed by atoms with Crippen LogP contribution in [-0.4, -0.2) is 13.0 Å². The fourth-order valence-corrected chi connectivity index (χ4v) is 2.21. The number of carbonyl (C=O) groups is 1. The van der Waals surface area contributed by atoms with Crippen molar-refractivity contribution in [2.24, 2.45) is 0 Å². The molecule has 2 aromatic rings. The van der Waals surface area contributed by atoms with Crippen LogP contribution in [0.1, 0.15) is 10.4 Å². The lowest BCUT2D eigenvalue weighted by atomic mass is 10.1. The van der Waals surface area contributed by atoms with Crippen LogP contribution in [0, 0.1) is 11.6 Å². The van der Waals surface area contributed by atoms with Gasteiger partial charge in [0.15, 0.2) is 0 Å². The van der Waals surface area contributed by atoms with Crippen molar-refractivity contribution in [1.29, 1.82) is 0 Å². The zero-order chi connectivity index (χ0) is 14.0. The van der Waals surface area contributed by atoms with Gasteiger partial charge in [-0.3, -0.25) is 4.79 Å². The van der Waals surface area contributed by atoms with Crippen molar-refractivity contribution in [3.63, 3.8) is 0 Å². The van der Waals surface area contributed by atoms with Crippen molar-refractivity contribution in [2.45, 2.75) is 0 Å². The third-order valence-electron chi connectivity index (χ3n) is 2.70. The van der Waals surface area contributed by atoms with E-state index in [4.69, 9.17) is 0 Å². The number of para-hydroxylation sites is 1. The quantitative estimate of drug-likeness (QED) is 0.817. The Morgan fingerprint density at radius 1 is 1.05 bits per heavy atom. The molecule has 0 aliphatic rings. The number of halogens is 3. The van der Waals surface area contributed by atoms with Crippen LogP contribution in [0.25, 0.3) is 0 Å². The standard InChI is InChI=1S/C14H10BrF2NO/c1-18(12-8-3-2-6-10(12)16)14(19)13-9(15)5-4-7-11(13)17/h2-8H,1H3. The van der Waals surface area contributed by atoms with Crippen molar-refractivity contribution >= 4 is 27.5 Å². The molecule has 0 aliphatic heterocycles. The zero-order valence-corrected chi connectivity index (χ0v) is 11.6. The number of amides is 1. The van der Waals surface area contributed by atoms with E-state index in [9.17, 15) is 13.6 Å². The number of carbonyl (C=O) groups excluding carboxylic acids is 1. The van der Waals surface area contributed by atoms with Crippen LogP contribution in [0.4, 0.5) is 14.5 Å². The fraction of sp³-hybridized carbons (Fsp3) is 0.0714. The molecule has 19 heavy (non-hydrogen) atoms. The molecule has 0 aromatic heterocycles. The van der Waals surface area contributed by atoms with Crippen LogP contribution in [0.15, 0.2) is 46.9 Å². The van der Waals surface area contributed by atoms with E-state index in [0.29, 0.717) is 4.47 Å². The van der Waals surface area contributed by atoms with Crippen molar-refractivity contribution in [3.8, 4) is 0 Å². The lowest BCUT2D eigenvalue weighted by Crippen LogP contribution is -2.28. The average Bonchev–Trinajstić information content (AvgIpc) is 2.38. The minimum absolute atomic E-state index is 0.0997. The Labute approximate surface area is 117 Å². The first-order valence-corrected chi connectivity index (χ1v) is 6.28. The summed E-state index contributed by atoms with van der Waals surface area (Å²) in [5.41, 5.74) is -0.0177. The maximum absolute atomic E-state index is 13.7. The van der Waals surface area contributed by atoms with Crippen LogP contribution in [0.3, 0.4) is 0 Å². The predicted octanol–water partition coefficient (Wildman–Crippen LogP) is 4.00. The van der Waals surface area contributed by atoms with Crippen LogP contribution >= 0.6 is 15.9 Å². The second-order valence-electron chi connectivity index (χ2n) is 3.91. The van der Waals surface area contributed by atoms with Crippen molar-refractivity contribution in [2.75, 3.05) is 11.9 Å². The lowest BCUT2D eigenvalue weighted by Gasteiger charge is -2.19. The van der Waals surface area contributed by atoms with Crippen LogP contribution in [0.2, 0.25) is 0 Å². The fourth-order valence-electron chi connectivity index (χ4n) is 1.70. The number of hydrogen-bond acceptors (Lipinski definition) is 1. The molecule has 2 aromatic carbocycles. The van der Waals surface area contributed by atoms with Crippen molar-refractivity contribution < 1.29 is 13.6 Å². The maximum atomic E-state index is 13.7. The van der Waals surface area contributed by atoms with E-state index >= 15 is 0 Å². The van der Waals surface area contributed by atoms with E-state index < -0.39 is 17.5 Å². The topological polar surface area (TPSA) is 20.3 Å². The highest BCUT2D eigenvalue weighted by Gasteiger charge is 2.21. The highest BCUT2D eigenvalue weighted by atomic mass is 79.9. The van der Waals surface area contributed by atoms with E-state index in [2.05, 4.69) is 15.9 Å². The molecule has 0 saturated carbocycles. The summed E-state index contributed by atoms with van der Waals surface area (Å²) >= 11 is 3.13. The number of hydrogen-bond donors (Lipinski definition) is 0. The van der Waals surface area contributed by atoms with Gasteiger partial charge in [0, 0.05) is 11.5 Å². The number of nitrogens with zero attached hydrogens (tertiary/aromatic N) is 1. The smallest absolute Gasteiger partial charge is 0.262 e. The Hall–Kier alpha value is -1.75. The zero-order valence-electron chi connectivity index (χ0n) is 10.0. The largest absolute Gasteiger partial charge is 0.309 e. The molecule has 5 heteroatoms. The van der Waals surface area contributed by atoms with Gasteiger partial charge in [0.05, 0.1) is 11.3 Å². The minimum Gasteiger partial charge on any atom is -0.309 e. The van der Waals surface area contributed by atoms with Gasteiger partial charge in [0.1, 0.15) is 11.6 Å². The Morgan fingerprint density at radius 3 is 2.32 bits per heavy atom. The molecule has 0 atom stereocenters. The molecule has 0 radical (unpaired) electrons. The molecule has 0 N–H and O–H groups in total. The Bertz CT molecular complexity index is 610. The monoisotopic (exact) mass is 325 g/mol. The molecule has 0 saturated heterocycles. The summed E-state index contributed by atoms with van der Waals surface area (Å²) in [5, 5.41) is 0. The van der Waals surface area contributed by atoms with Gasteiger partial charge in [-0.05, 0) is 40.2 Å². The van der Waals surface area contributed by atoms with Crippen molar-refractivity contribution in [1.82, 2.24) is 0 Å². The highest BCUT2D eigenvalue weighted by Crippen LogP contribution is 2.24. The van der Waals surface area contributed by atoms with E-state index in [1.165, 1.54) is 37.4 Å². The average molecular weight is 326 g/mol. The molecule has 0 unspecified atom stereocenters. The first-order valence-electron chi connectivity index (χ1n) is 5.49. The summed E-state index contributed by atoms with van der Waals surface area (Å²) in [6, 6.07) is 10.1. The normalized spacial score (nSPS) is 10.3. The van der Waals surface area contributed by atoms with Gasteiger partial charge in [-0.2, -0.15) is 0 Å². The molecule has 0 bridgehead atoms. The first-order chi connectivity index (χ1) is 9.02. The summed E-state index contributed by atoms with van der Waals surface area (Å²) in [5.74, 6) is -1.80. The van der Waals surface area contributed by atoms with Gasteiger partial charge in [0.2, 0.25) is 0 Å². The van der Waals surface area contributed by atoms with Crippen LogP contribution in [0.5, 0.6) is 0 Å². The van der Waals surface area contributed by atoms with Gasteiger partial charge in [-0.1, -0.05) is 18.2 Å². The second kappa shape index (κ2) is 5.48. The summed E-state index contributed by atoms with van der Waals surface area (Å²) in [4.78, 5) is 13.3. The Morgan fingerprint density at radius 2 is 1.68 bits per heavy atom. The highest BCUT2D eigenvalue weighted by molar-refractivity contribution is 9.10. The van der Waals surface area contributed by atoms with Crippen molar-refractivity contribution in [3.05, 3.63) is 64.1 Å². The third-order valence-corrected chi connectivity index (χ3v) is 3.36. The molecule has 2 rings (SSSR count). The summed E-state index contributed by atoms with van der Waals surface area (Å²) in [6.45, 7) is 0. The summed E-state index contributed by atoms with van der Waals surface area (Å²) < 4.78 is 27.7. The van der Waals surface area contributed by atoms with Crippen LogP contribution < -0.4 is 4.90 Å². The van der Waals surface area contributed by atoms with Gasteiger partial charge in [-0.25, -0.2) is 8.78 Å². The first kappa shape index (κ1) is 13.7. The molecule has 0 heterocycles. The minimum atomic E-state index is -0.650. The van der Waals surface area contributed by atoms with E-state index in [1.54, 1.807) is 12.1 Å². The molecule has 98 valence electrons. The predicted molar refractivity (Wildman–Crippen MR) is 73.2 cm³/mol. The van der Waals surface area contributed by atoms with Gasteiger partial charge >= 0.3 is 0 Å². The van der Waals surface area contributed by atoms with Crippen LogP contribution in [-0.2, 0) is 0 Å². The van der Waals surface area contributed by atoms with E-state index in [0.717, 1.165) is 4.90 Å². The third kappa shape index (κ3) is 2.66. The molecule has 1 amide bonds. The molecule has 0 aliphatic carbocycles. The number of anilines is 1. The molecular formula is C14H10BrF2NO. The second-order valence-corrected chi connectivity index (χ2v) is 4.77. The Balaban J connectivity index is 2.43. The maximum Gasteiger partial charge on any atom is 0.262 e. The molecule has 0 spiro atoms. The van der Waals surface area contributed by atoms with Gasteiger partial charge in [-0.15, -0.1) is 0 Å². The summed E-state index contributed by atoms with van der Waals surface area (Å²) in [7, 11) is 1.40. The lowest BCUT2D eigenvalue weighted by molar-refractivity contribution is 0.0987. The molecule has 0 fully saturated rings. The van der Waals surface area contributed by atoms with E-state index in [-0.39, 0.29) is 11.3 Å².